The normalized spacial score (nSPS) is 16.7. The molecular formula is C12H11NO5S. The number of hydrogen-bond donors (Lipinski definition) is 1. The second-order valence-corrected chi connectivity index (χ2v) is 5.84. The molecule has 0 saturated heterocycles. The number of aryl methyl sites for hydroxylation is 1. The van der Waals surface area contributed by atoms with Crippen LogP contribution in [0.1, 0.15) is 5.56 Å². The first kappa shape index (κ1) is 13.3. The van der Waals surface area contributed by atoms with Gasteiger partial charge in [-0.05, 0) is 19.1 Å². The van der Waals surface area contributed by atoms with Gasteiger partial charge in [-0.15, -0.1) is 0 Å². The van der Waals surface area contributed by atoms with E-state index in [1.807, 2.05) is 19.1 Å². The second kappa shape index (κ2) is 4.85. The topological polar surface area (TPSA) is 93.0 Å². The summed E-state index contributed by atoms with van der Waals surface area (Å²) in [6.45, 7) is 1.62. The van der Waals surface area contributed by atoms with Gasteiger partial charge < -0.3 is 9.84 Å². The zero-order valence-corrected chi connectivity index (χ0v) is 10.8. The van der Waals surface area contributed by atoms with E-state index in [1.54, 1.807) is 12.1 Å². The zero-order chi connectivity index (χ0) is 14.0. The second-order valence-electron chi connectivity index (χ2n) is 3.93. The Hall–Kier alpha value is -2.15. The third-order valence-electron chi connectivity index (χ3n) is 2.52. The zero-order valence-electron chi connectivity index (χ0n) is 10.0. The number of sulfone groups is 1. The summed E-state index contributed by atoms with van der Waals surface area (Å²) in [6, 6.07) is 7.04. The first-order chi connectivity index (χ1) is 8.91. The average molecular weight is 281 g/mol. The molecule has 1 heterocycles. The van der Waals surface area contributed by atoms with Gasteiger partial charge in [0.25, 0.3) is 0 Å². The van der Waals surface area contributed by atoms with E-state index in [2.05, 4.69) is 4.99 Å². The number of carbonyl (C=O) groups is 1. The summed E-state index contributed by atoms with van der Waals surface area (Å²) in [5, 5.41) is 8.42. The Kier molecular flexibility index (Phi) is 3.39. The molecule has 0 fully saturated rings. The van der Waals surface area contributed by atoms with Gasteiger partial charge in [0.2, 0.25) is 9.84 Å². The number of ether oxygens (including phenoxy) is 1. The number of rotatable bonds is 4. The van der Waals surface area contributed by atoms with Crippen molar-refractivity contribution in [3.63, 3.8) is 0 Å². The van der Waals surface area contributed by atoms with Crippen molar-refractivity contribution >= 4 is 20.9 Å². The standard InChI is InChI=1S/C12H11NO5S/c1-8-2-4-9(5-3-8)18-7-11-13-6-10(12(14)15)19(11,16)17/h2-6H,7H2,1H3,(H,14,15). The molecule has 1 aliphatic heterocycles. The molecule has 0 unspecified atom stereocenters. The van der Waals surface area contributed by atoms with Crippen LogP contribution in [0.3, 0.4) is 0 Å². The van der Waals surface area contributed by atoms with Gasteiger partial charge in [-0.1, -0.05) is 17.7 Å². The molecule has 0 amide bonds. The molecule has 100 valence electrons. The van der Waals surface area contributed by atoms with Gasteiger partial charge in [0.1, 0.15) is 12.4 Å². The summed E-state index contributed by atoms with van der Waals surface area (Å²) in [5.41, 5.74) is 1.05. The smallest absolute Gasteiger partial charge is 0.349 e. The summed E-state index contributed by atoms with van der Waals surface area (Å²) in [4.78, 5) is 13.6. The van der Waals surface area contributed by atoms with Crippen LogP contribution in [-0.4, -0.2) is 31.1 Å². The van der Waals surface area contributed by atoms with E-state index in [4.69, 9.17) is 9.84 Å². The van der Waals surface area contributed by atoms with Gasteiger partial charge >= 0.3 is 5.97 Å². The number of aliphatic carboxylic acids is 1. The van der Waals surface area contributed by atoms with Crippen LogP contribution in [0.2, 0.25) is 0 Å². The third-order valence-corrected chi connectivity index (χ3v) is 4.22. The monoisotopic (exact) mass is 281 g/mol. The highest BCUT2D eigenvalue weighted by molar-refractivity contribution is 8.10. The summed E-state index contributed by atoms with van der Waals surface area (Å²) in [5.74, 6) is -1.03. The van der Waals surface area contributed by atoms with E-state index in [0.717, 1.165) is 11.8 Å². The summed E-state index contributed by atoms with van der Waals surface area (Å²) < 4.78 is 28.8. The molecule has 0 aliphatic carbocycles. The molecule has 0 saturated carbocycles. The van der Waals surface area contributed by atoms with Crippen molar-refractivity contribution in [1.29, 1.82) is 0 Å². The Morgan fingerprint density at radius 3 is 2.47 bits per heavy atom. The van der Waals surface area contributed by atoms with Crippen LogP contribution in [0.25, 0.3) is 0 Å². The minimum absolute atomic E-state index is 0.293. The van der Waals surface area contributed by atoms with Crippen molar-refractivity contribution in [1.82, 2.24) is 0 Å². The largest absolute Gasteiger partial charge is 0.487 e. The Morgan fingerprint density at radius 1 is 1.32 bits per heavy atom. The number of carboxylic acid groups (broad SMARTS) is 1. The fourth-order valence-electron chi connectivity index (χ4n) is 1.46. The van der Waals surface area contributed by atoms with Gasteiger partial charge in [-0.3, -0.25) is 0 Å². The predicted molar refractivity (Wildman–Crippen MR) is 68.7 cm³/mol. The van der Waals surface area contributed by atoms with Crippen molar-refractivity contribution in [3.05, 3.63) is 40.9 Å². The average Bonchev–Trinajstić information content (AvgIpc) is 2.64. The van der Waals surface area contributed by atoms with E-state index in [-0.39, 0.29) is 11.7 Å². The summed E-state index contributed by atoms with van der Waals surface area (Å²) in [6.07, 6.45) is 0.825. The molecule has 1 aliphatic rings. The van der Waals surface area contributed by atoms with E-state index < -0.39 is 20.7 Å². The van der Waals surface area contributed by atoms with Crippen molar-refractivity contribution < 1.29 is 23.1 Å². The SMILES string of the molecule is Cc1ccc(OCC2=NC=C(C(=O)O)S2(=O)=O)cc1. The highest BCUT2D eigenvalue weighted by Crippen LogP contribution is 2.19. The lowest BCUT2D eigenvalue weighted by Gasteiger charge is -2.06. The first-order valence-electron chi connectivity index (χ1n) is 5.36. The van der Waals surface area contributed by atoms with Gasteiger partial charge in [0.15, 0.2) is 9.95 Å². The minimum Gasteiger partial charge on any atom is -0.487 e. The fourth-order valence-corrected chi connectivity index (χ4v) is 2.54. The number of aliphatic imine (C=N–C) groups is 1. The highest BCUT2D eigenvalue weighted by atomic mass is 32.2. The highest BCUT2D eigenvalue weighted by Gasteiger charge is 2.34. The maximum Gasteiger partial charge on any atom is 0.349 e. The maximum atomic E-state index is 11.7. The molecule has 7 heteroatoms. The minimum atomic E-state index is -4.02. The Bertz CT molecular complexity index is 671. The molecule has 0 radical (unpaired) electrons. The maximum absolute atomic E-state index is 11.7. The van der Waals surface area contributed by atoms with Crippen molar-refractivity contribution in [3.8, 4) is 5.75 Å². The summed E-state index contributed by atoms with van der Waals surface area (Å²) >= 11 is 0. The van der Waals surface area contributed by atoms with Crippen LogP contribution in [0, 0.1) is 6.92 Å². The van der Waals surface area contributed by atoms with Gasteiger partial charge in [0.05, 0.1) is 6.20 Å². The lowest BCUT2D eigenvalue weighted by atomic mass is 10.2. The Balaban J connectivity index is 2.07. The molecule has 2 rings (SSSR count). The molecule has 0 atom stereocenters. The van der Waals surface area contributed by atoms with Crippen LogP contribution in [0.5, 0.6) is 5.75 Å². The van der Waals surface area contributed by atoms with Crippen LogP contribution in [-0.2, 0) is 14.6 Å². The molecule has 1 aromatic rings. The van der Waals surface area contributed by atoms with Gasteiger partial charge in [-0.25, -0.2) is 18.2 Å². The van der Waals surface area contributed by atoms with E-state index in [9.17, 15) is 13.2 Å². The lowest BCUT2D eigenvalue weighted by molar-refractivity contribution is -0.131. The van der Waals surface area contributed by atoms with Crippen LogP contribution < -0.4 is 4.74 Å². The first-order valence-corrected chi connectivity index (χ1v) is 6.84. The molecule has 19 heavy (non-hydrogen) atoms. The molecule has 0 spiro atoms. The van der Waals surface area contributed by atoms with Gasteiger partial charge in [-0.2, -0.15) is 0 Å². The van der Waals surface area contributed by atoms with E-state index in [0.29, 0.717) is 5.75 Å². The number of benzene rings is 1. The van der Waals surface area contributed by atoms with Crippen molar-refractivity contribution in [2.45, 2.75) is 6.92 Å². The van der Waals surface area contributed by atoms with E-state index >= 15 is 0 Å². The van der Waals surface area contributed by atoms with Crippen LogP contribution in [0.15, 0.2) is 40.4 Å². The third kappa shape index (κ3) is 2.65. The summed E-state index contributed by atoms with van der Waals surface area (Å²) in [7, 11) is -4.02. The van der Waals surface area contributed by atoms with Gasteiger partial charge in [0, 0.05) is 0 Å². The van der Waals surface area contributed by atoms with E-state index in [1.165, 1.54) is 0 Å². The van der Waals surface area contributed by atoms with Crippen LogP contribution in [0.4, 0.5) is 0 Å². The number of hydrogen-bond acceptors (Lipinski definition) is 5. The number of carboxylic acids is 1. The molecule has 6 nitrogen and oxygen atoms in total. The van der Waals surface area contributed by atoms with Crippen molar-refractivity contribution in [2.24, 2.45) is 4.99 Å². The predicted octanol–water partition coefficient (Wildman–Crippen LogP) is 1.13. The van der Waals surface area contributed by atoms with Crippen molar-refractivity contribution in [2.75, 3.05) is 6.61 Å². The molecule has 0 aromatic heterocycles. The Morgan fingerprint density at radius 2 is 1.95 bits per heavy atom. The Labute approximate surface area is 110 Å². The fraction of sp³-hybridized carbons (Fsp3) is 0.167. The quantitative estimate of drug-likeness (QED) is 0.892. The molecular weight excluding hydrogens is 270 g/mol. The number of nitrogens with zero attached hydrogens (tertiary/aromatic N) is 1. The molecule has 1 aromatic carbocycles. The lowest BCUT2D eigenvalue weighted by Crippen LogP contribution is -2.23. The van der Waals surface area contributed by atoms with Crippen LogP contribution >= 0.6 is 0 Å². The molecule has 0 bridgehead atoms. The molecule has 1 N–H and O–H groups in total.